The molecule has 0 aliphatic rings. The number of hydrogen-bond acceptors (Lipinski definition) is 2. The molecule has 0 spiro atoms. The van der Waals surface area contributed by atoms with E-state index in [1.165, 1.54) is 5.69 Å². The van der Waals surface area contributed by atoms with Gasteiger partial charge in [-0.2, -0.15) is 0 Å². The Kier molecular flexibility index (Phi) is 3.26. The van der Waals surface area contributed by atoms with Crippen molar-refractivity contribution in [2.24, 2.45) is 12.8 Å². The summed E-state index contributed by atoms with van der Waals surface area (Å²) in [6.07, 6.45) is 0.791. The van der Waals surface area contributed by atoms with Crippen molar-refractivity contribution in [2.45, 2.75) is 32.7 Å². The highest BCUT2D eigenvalue weighted by molar-refractivity contribution is 5.56. The molecule has 1 heterocycles. The number of aromatic nitrogens is 2. The Morgan fingerprint density at radius 3 is 2.39 bits per heavy atom. The third-order valence-electron chi connectivity index (χ3n) is 3.13. The molecule has 3 heteroatoms. The Labute approximate surface area is 109 Å². The molecule has 0 fully saturated rings. The maximum absolute atomic E-state index is 6.09. The summed E-state index contributed by atoms with van der Waals surface area (Å²) in [5.74, 6) is 1.01. The summed E-state index contributed by atoms with van der Waals surface area (Å²) in [6.45, 7) is 6.16. The fraction of sp³-hybridized carbons (Fsp3) is 0.400. The fourth-order valence-electron chi connectivity index (χ4n) is 2.08. The molecule has 18 heavy (non-hydrogen) atoms. The quantitative estimate of drug-likeness (QED) is 0.900. The molecular weight excluding hydrogens is 222 g/mol. The Bertz CT molecular complexity index is 533. The second-order valence-electron chi connectivity index (χ2n) is 5.56. The average molecular weight is 243 g/mol. The smallest absolute Gasteiger partial charge is 0.140 e. The highest BCUT2D eigenvalue weighted by atomic mass is 15.1. The van der Waals surface area contributed by atoms with Crippen LogP contribution in [0.3, 0.4) is 0 Å². The van der Waals surface area contributed by atoms with Crippen LogP contribution in [0.5, 0.6) is 0 Å². The van der Waals surface area contributed by atoms with Crippen molar-refractivity contribution in [2.75, 3.05) is 0 Å². The van der Waals surface area contributed by atoms with Gasteiger partial charge in [-0.15, -0.1) is 0 Å². The molecule has 2 rings (SSSR count). The number of rotatable bonds is 3. The standard InChI is InChI=1S/C15H21N3/c1-11-13(10-15(2,3)16)17-14(18(11)4)12-8-6-5-7-9-12/h5-9H,10,16H2,1-4H3. The van der Waals surface area contributed by atoms with Crippen LogP contribution in [0.1, 0.15) is 25.2 Å². The normalized spacial score (nSPS) is 11.8. The van der Waals surface area contributed by atoms with E-state index in [-0.39, 0.29) is 5.54 Å². The van der Waals surface area contributed by atoms with E-state index in [1.54, 1.807) is 0 Å². The topological polar surface area (TPSA) is 43.8 Å². The van der Waals surface area contributed by atoms with E-state index in [1.807, 2.05) is 32.0 Å². The summed E-state index contributed by atoms with van der Waals surface area (Å²) < 4.78 is 2.14. The summed E-state index contributed by atoms with van der Waals surface area (Å²) >= 11 is 0. The molecule has 3 nitrogen and oxygen atoms in total. The van der Waals surface area contributed by atoms with Gasteiger partial charge in [-0.1, -0.05) is 30.3 Å². The number of hydrogen-bond donors (Lipinski definition) is 1. The SMILES string of the molecule is Cc1c(CC(C)(C)N)nc(-c2ccccc2)n1C. The second-order valence-corrected chi connectivity index (χ2v) is 5.56. The van der Waals surface area contributed by atoms with Gasteiger partial charge >= 0.3 is 0 Å². The zero-order valence-corrected chi connectivity index (χ0v) is 11.6. The molecule has 0 bridgehead atoms. The molecule has 1 aromatic heterocycles. The van der Waals surface area contributed by atoms with Crippen LogP contribution in [0.25, 0.3) is 11.4 Å². The zero-order chi connectivity index (χ0) is 13.3. The molecule has 2 N–H and O–H groups in total. The maximum Gasteiger partial charge on any atom is 0.140 e. The van der Waals surface area contributed by atoms with Gasteiger partial charge in [0, 0.05) is 30.3 Å². The maximum atomic E-state index is 6.09. The molecule has 0 saturated heterocycles. The third kappa shape index (κ3) is 2.62. The molecule has 0 saturated carbocycles. The first kappa shape index (κ1) is 12.8. The van der Waals surface area contributed by atoms with E-state index in [2.05, 4.69) is 30.7 Å². The number of nitrogens with zero attached hydrogens (tertiary/aromatic N) is 2. The third-order valence-corrected chi connectivity index (χ3v) is 3.13. The largest absolute Gasteiger partial charge is 0.331 e. The van der Waals surface area contributed by atoms with Gasteiger partial charge in [-0.05, 0) is 20.8 Å². The number of imidazole rings is 1. The molecule has 0 aliphatic carbocycles. The zero-order valence-electron chi connectivity index (χ0n) is 11.6. The summed E-state index contributed by atoms with van der Waals surface area (Å²) in [4.78, 5) is 4.75. The van der Waals surface area contributed by atoms with Gasteiger partial charge in [-0.25, -0.2) is 4.98 Å². The lowest BCUT2D eigenvalue weighted by molar-refractivity contribution is 0.509. The molecule has 96 valence electrons. The minimum atomic E-state index is -0.229. The first-order valence-electron chi connectivity index (χ1n) is 6.25. The van der Waals surface area contributed by atoms with Gasteiger partial charge in [0.25, 0.3) is 0 Å². The van der Waals surface area contributed by atoms with Crippen molar-refractivity contribution in [3.63, 3.8) is 0 Å². The van der Waals surface area contributed by atoms with Crippen molar-refractivity contribution in [3.8, 4) is 11.4 Å². The Morgan fingerprint density at radius 1 is 1.22 bits per heavy atom. The van der Waals surface area contributed by atoms with Gasteiger partial charge in [0.2, 0.25) is 0 Å². The molecule has 0 radical (unpaired) electrons. The lowest BCUT2D eigenvalue weighted by Gasteiger charge is -2.17. The highest BCUT2D eigenvalue weighted by Gasteiger charge is 2.18. The van der Waals surface area contributed by atoms with Gasteiger partial charge in [0.15, 0.2) is 0 Å². The van der Waals surface area contributed by atoms with Crippen molar-refractivity contribution in [1.82, 2.24) is 9.55 Å². The van der Waals surface area contributed by atoms with Crippen LogP contribution in [0.15, 0.2) is 30.3 Å². The lowest BCUT2D eigenvalue weighted by Crippen LogP contribution is -2.34. The molecule has 0 aliphatic heterocycles. The van der Waals surface area contributed by atoms with Gasteiger partial charge in [0.1, 0.15) is 5.82 Å². The van der Waals surface area contributed by atoms with E-state index in [9.17, 15) is 0 Å². The monoisotopic (exact) mass is 243 g/mol. The Balaban J connectivity index is 2.43. The van der Waals surface area contributed by atoms with Gasteiger partial charge in [0.05, 0.1) is 5.69 Å². The first-order chi connectivity index (χ1) is 8.38. The van der Waals surface area contributed by atoms with Crippen LogP contribution in [-0.2, 0) is 13.5 Å². The number of nitrogens with two attached hydrogens (primary N) is 1. The average Bonchev–Trinajstić information content (AvgIpc) is 2.57. The van der Waals surface area contributed by atoms with E-state index in [0.29, 0.717) is 0 Å². The molecule has 2 aromatic rings. The predicted octanol–water partition coefficient (Wildman–Crippen LogP) is 2.68. The highest BCUT2D eigenvalue weighted by Crippen LogP contribution is 2.22. The summed E-state index contributed by atoms with van der Waals surface area (Å²) in [5.41, 5.74) is 9.27. The van der Waals surface area contributed by atoms with Crippen molar-refractivity contribution in [1.29, 1.82) is 0 Å². The first-order valence-corrected chi connectivity index (χ1v) is 6.25. The Hall–Kier alpha value is -1.61. The van der Waals surface area contributed by atoms with E-state index in [0.717, 1.165) is 23.5 Å². The minimum Gasteiger partial charge on any atom is -0.331 e. The van der Waals surface area contributed by atoms with E-state index < -0.39 is 0 Å². The van der Waals surface area contributed by atoms with Gasteiger partial charge in [-0.3, -0.25) is 0 Å². The summed E-state index contributed by atoms with van der Waals surface area (Å²) in [5, 5.41) is 0. The molecule has 0 unspecified atom stereocenters. The van der Waals surface area contributed by atoms with E-state index in [4.69, 9.17) is 10.7 Å². The predicted molar refractivity (Wildman–Crippen MR) is 75.4 cm³/mol. The second kappa shape index (κ2) is 4.58. The molecule has 1 aromatic carbocycles. The Morgan fingerprint density at radius 2 is 1.83 bits per heavy atom. The number of benzene rings is 1. The fourth-order valence-corrected chi connectivity index (χ4v) is 2.08. The summed E-state index contributed by atoms with van der Waals surface area (Å²) in [7, 11) is 2.05. The van der Waals surface area contributed by atoms with Crippen LogP contribution in [0, 0.1) is 6.92 Å². The molecule has 0 atom stereocenters. The van der Waals surface area contributed by atoms with Crippen LogP contribution in [-0.4, -0.2) is 15.1 Å². The van der Waals surface area contributed by atoms with Crippen molar-refractivity contribution >= 4 is 0 Å². The molecule has 0 amide bonds. The van der Waals surface area contributed by atoms with Crippen LogP contribution in [0.2, 0.25) is 0 Å². The van der Waals surface area contributed by atoms with Crippen LogP contribution in [0.4, 0.5) is 0 Å². The summed E-state index contributed by atoms with van der Waals surface area (Å²) in [6, 6.07) is 10.2. The van der Waals surface area contributed by atoms with Crippen LogP contribution < -0.4 is 5.73 Å². The van der Waals surface area contributed by atoms with Crippen molar-refractivity contribution < 1.29 is 0 Å². The lowest BCUT2D eigenvalue weighted by atomic mass is 9.99. The minimum absolute atomic E-state index is 0.229. The van der Waals surface area contributed by atoms with Crippen molar-refractivity contribution in [3.05, 3.63) is 41.7 Å². The molecular formula is C15H21N3. The van der Waals surface area contributed by atoms with Gasteiger partial charge < -0.3 is 10.3 Å². The van der Waals surface area contributed by atoms with E-state index >= 15 is 0 Å². The van der Waals surface area contributed by atoms with Crippen LogP contribution >= 0.6 is 0 Å².